The summed E-state index contributed by atoms with van der Waals surface area (Å²) < 4.78 is 0. The van der Waals surface area contributed by atoms with Crippen LogP contribution in [0.4, 0.5) is 0 Å². The van der Waals surface area contributed by atoms with Crippen LogP contribution in [-0.4, -0.2) is 22.8 Å². The third-order valence-electron chi connectivity index (χ3n) is 6.72. The minimum atomic E-state index is -1.22. The summed E-state index contributed by atoms with van der Waals surface area (Å²) >= 11 is 0. The van der Waals surface area contributed by atoms with Gasteiger partial charge in [-0.05, 0) is 49.9 Å². The standard InChI is InChI=1S/C21H29N5O/c1-15(2)21(17(9-22)10-23,18(11-24)12-25)26-14-20-6-4-5-16(8-20)7-19(3,27)13-20/h15-18,26-27H,4-8,13-14H2,1-3H3. The summed E-state index contributed by atoms with van der Waals surface area (Å²) in [6, 6.07) is 8.02. The molecule has 0 saturated heterocycles. The molecule has 2 saturated carbocycles. The van der Waals surface area contributed by atoms with Gasteiger partial charge >= 0.3 is 0 Å². The molecule has 2 fully saturated rings. The smallest absolute Gasteiger partial charge is 0.153 e. The molecule has 2 rings (SSSR count). The van der Waals surface area contributed by atoms with Gasteiger partial charge in [-0.2, -0.15) is 21.0 Å². The van der Waals surface area contributed by atoms with Gasteiger partial charge in [0, 0.05) is 6.54 Å². The summed E-state index contributed by atoms with van der Waals surface area (Å²) in [4.78, 5) is 0. The first kappa shape index (κ1) is 21.2. The average Bonchev–Trinajstić information content (AvgIpc) is 2.59. The van der Waals surface area contributed by atoms with Crippen molar-refractivity contribution in [2.75, 3.05) is 6.54 Å². The van der Waals surface area contributed by atoms with Gasteiger partial charge in [-0.3, -0.25) is 0 Å². The Morgan fingerprint density at radius 3 is 2.11 bits per heavy atom. The molecule has 6 heteroatoms. The van der Waals surface area contributed by atoms with Gasteiger partial charge in [0.05, 0.1) is 35.4 Å². The molecule has 0 amide bonds. The average molecular weight is 367 g/mol. The van der Waals surface area contributed by atoms with Gasteiger partial charge in [0.25, 0.3) is 0 Å². The number of rotatable bonds is 6. The highest BCUT2D eigenvalue weighted by Gasteiger charge is 2.53. The lowest BCUT2D eigenvalue weighted by molar-refractivity contribution is -0.0828. The van der Waals surface area contributed by atoms with E-state index in [-0.39, 0.29) is 11.3 Å². The fraction of sp³-hybridized carbons (Fsp3) is 0.810. The van der Waals surface area contributed by atoms with Crippen LogP contribution >= 0.6 is 0 Å². The van der Waals surface area contributed by atoms with E-state index in [1.807, 2.05) is 45.0 Å². The maximum atomic E-state index is 10.8. The van der Waals surface area contributed by atoms with Crippen LogP contribution in [0.15, 0.2) is 0 Å². The zero-order valence-corrected chi connectivity index (χ0v) is 16.5. The van der Waals surface area contributed by atoms with Gasteiger partial charge in [0.15, 0.2) is 11.8 Å². The molecule has 0 aliphatic heterocycles. The van der Waals surface area contributed by atoms with Gasteiger partial charge in [0.2, 0.25) is 0 Å². The highest BCUT2D eigenvalue weighted by Crippen LogP contribution is 2.52. The van der Waals surface area contributed by atoms with Crippen LogP contribution in [0, 0.1) is 74.4 Å². The van der Waals surface area contributed by atoms with Crippen LogP contribution < -0.4 is 5.32 Å². The van der Waals surface area contributed by atoms with Crippen molar-refractivity contribution in [3.8, 4) is 24.3 Å². The number of nitrogens with one attached hydrogen (secondary N) is 1. The molecule has 2 aliphatic carbocycles. The number of nitrogens with zero attached hydrogens (tertiary/aromatic N) is 4. The van der Waals surface area contributed by atoms with Crippen molar-refractivity contribution in [1.82, 2.24) is 5.32 Å². The van der Waals surface area contributed by atoms with Gasteiger partial charge in [-0.25, -0.2) is 0 Å². The van der Waals surface area contributed by atoms with Gasteiger partial charge in [0.1, 0.15) is 0 Å². The molecule has 0 aromatic heterocycles. The van der Waals surface area contributed by atoms with Gasteiger partial charge in [-0.1, -0.05) is 26.7 Å². The molecule has 2 N–H and O–H groups in total. The molecular weight excluding hydrogens is 338 g/mol. The van der Waals surface area contributed by atoms with E-state index in [4.69, 9.17) is 0 Å². The SMILES string of the molecule is CC(C)C(NCC12CCCC(CC(C)(O)C1)C2)(C(C#N)C#N)C(C#N)C#N. The van der Waals surface area contributed by atoms with E-state index < -0.39 is 23.0 Å². The molecule has 3 atom stereocenters. The van der Waals surface area contributed by atoms with E-state index in [0.29, 0.717) is 18.9 Å². The second kappa shape index (κ2) is 7.86. The number of hydrogen-bond acceptors (Lipinski definition) is 6. The quantitative estimate of drug-likeness (QED) is 0.742. The van der Waals surface area contributed by atoms with Gasteiger partial charge < -0.3 is 10.4 Å². The highest BCUT2D eigenvalue weighted by atomic mass is 16.3. The lowest BCUT2D eigenvalue weighted by Gasteiger charge is -2.53. The second-order valence-electron chi connectivity index (χ2n) is 9.16. The molecule has 0 radical (unpaired) electrons. The van der Waals surface area contributed by atoms with Crippen LogP contribution in [0.1, 0.15) is 59.3 Å². The van der Waals surface area contributed by atoms with Crippen LogP contribution in [0.3, 0.4) is 0 Å². The lowest BCUT2D eigenvalue weighted by atomic mass is 9.57. The monoisotopic (exact) mass is 367 g/mol. The molecule has 0 aromatic rings. The summed E-state index contributed by atoms with van der Waals surface area (Å²) in [5.74, 6) is -2.00. The van der Waals surface area contributed by atoms with E-state index in [1.54, 1.807) is 0 Å². The fourth-order valence-corrected chi connectivity index (χ4v) is 5.71. The van der Waals surface area contributed by atoms with Crippen molar-refractivity contribution < 1.29 is 5.11 Å². The zero-order valence-electron chi connectivity index (χ0n) is 16.5. The highest BCUT2D eigenvalue weighted by molar-refractivity contribution is 5.25. The van der Waals surface area contributed by atoms with Crippen molar-refractivity contribution in [3.05, 3.63) is 0 Å². The largest absolute Gasteiger partial charge is 0.390 e. The first-order chi connectivity index (χ1) is 12.7. The van der Waals surface area contributed by atoms with Crippen LogP contribution in [0.5, 0.6) is 0 Å². The summed E-state index contributed by atoms with van der Waals surface area (Å²) in [5.41, 5.74) is -2.08. The molecule has 0 spiro atoms. The van der Waals surface area contributed by atoms with E-state index in [9.17, 15) is 26.2 Å². The van der Waals surface area contributed by atoms with E-state index in [1.165, 1.54) is 0 Å². The molecule has 2 aliphatic rings. The fourth-order valence-electron chi connectivity index (χ4n) is 5.71. The molecule has 3 unspecified atom stereocenters. The molecule has 2 bridgehead atoms. The second-order valence-corrected chi connectivity index (χ2v) is 9.16. The van der Waals surface area contributed by atoms with Crippen LogP contribution in [0.2, 0.25) is 0 Å². The van der Waals surface area contributed by atoms with E-state index in [2.05, 4.69) is 5.32 Å². The Hall–Kier alpha value is -2.12. The van der Waals surface area contributed by atoms with Crippen molar-refractivity contribution in [2.45, 2.75) is 70.4 Å². The predicted molar refractivity (Wildman–Crippen MR) is 99.3 cm³/mol. The third kappa shape index (κ3) is 3.94. The molecular formula is C21H29N5O. The van der Waals surface area contributed by atoms with Gasteiger partial charge in [-0.15, -0.1) is 0 Å². The van der Waals surface area contributed by atoms with Crippen molar-refractivity contribution in [1.29, 1.82) is 21.0 Å². The topological polar surface area (TPSA) is 127 Å². The Morgan fingerprint density at radius 2 is 1.63 bits per heavy atom. The molecule has 0 heterocycles. The first-order valence-corrected chi connectivity index (χ1v) is 9.74. The summed E-state index contributed by atoms with van der Waals surface area (Å²) in [7, 11) is 0. The number of fused-ring (bicyclic) bond motifs is 2. The Morgan fingerprint density at radius 1 is 1.07 bits per heavy atom. The Kier molecular flexibility index (Phi) is 6.17. The van der Waals surface area contributed by atoms with E-state index in [0.717, 1.165) is 32.1 Å². The van der Waals surface area contributed by atoms with Crippen LogP contribution in [0.25, 0.3) is 0 Å². The normalized spacial score (nSPS) is 30.4. The van der Waals surface area contributed by atoms with E-state index >= 15 is 0 Å². The maximum absolute atomic E-state index is 10.8. The summed E-state index contributed by atoms with van der Waals surface area (Å²) in [5, 5.41) is 52.4. The molecule has 6 nitrogen and oxygen atoms in total. The minimum Gasteiger partial charge on any atom is -0.390 e. The van der Waals surface area contributed by atoms with Crippen molar-refractivity contribution in [3.63, 3.8) is 0 Å². The molecule has 0 aromatic carbocycles. The third-order valence-corrected chi connectivity index (χ3v) is 6.72. The zero-order chi connectivity index (χ0) is 20.3. The number of hydrogen-bond donors (Lipinski definition) is 2. The van der Waals surface area contributed by atoms with Crippen LogP contribution in [-0.2, 0) is 0 Å². The van der Waals surface area contributed by atoms with Crippen molar-refractivity contribution in [2.24, 2.45) is 29.1 Å². The van der Waals surface area contributed by atoms with Crippen molar-refractivity contribution >= 4 is 0 Å². The predicted octanol–water partition coefficient (Wildman–Crippen LogP) is 3.02. The number of nitriles is 4. The maximum Gasteiger partial charge on any atom is 0.153 e. The minimum absolute atomic E-state index is 0.129. The molecule has 27 heavy (non-hydrogen) atoms. The lowest BCUT2D eigenvalue weighted by Crippen LogP contribution is -2.62. The number of aliphatic hydroxyl groups is 1. The summed E-state index contributed by atoms with van der Waals surface area (Å²) in [6.07, 6.45) is 5.64. The first-order valence-electron chi connectivity index (χ1n) is 9.74. The Bertz CT molecular complexity index is 657. The summed E-state index contributed by atoms with van der Waals surface area (Å²) in [6.45, 7) is 6.07. The Labute approximate surface area is 162 Å². The Balaban J connectivity index is 2.39. The molecule has 144 valence electrons.